The van der Waals surface area contributed by atoms with Crippen LogP contribution in [-0.4, -0.2) is 108 Å². The van der Waals surface area contributed by atoms with Gasteiger partial charge in [-0.1, -0.05) is 0 Å². The maximum Gasteiger partial charge on any atom is 0.326 e. The van der Waals surface area contributed by atoms with Crippen LogP contribution in [0.1, 0.15) is 55.6 Å². The lowest BCUT2D eigenvalue weighted by atomic mass is 10.0. The molecule has 0 radical (unpaired) electrons. The third kappa shape index (κ3) is 13.1. The Morgan fingerprint density at radius 3 is 1.41 bits per heavy atom. The number of rotatable bonds is 23. The number of hydrogen-bond acceptors (Lipinski definition) is 11. The lowest BCUT2D eigenvalue weighted by Gasteiger charge is -2.26. The van der Waals surface area contributed by atoms with Gasteiger partial charge in [-0.25, -0.2) is 19.7 Å². The molecule has 268 valence electrons. The zero-order valence-corrected chi connectivity index (χ0v) is 27.2. The van der Waals surface area contributed by atoms with E-state index in [1.807, 2.05) is 0 Å². The van der Waals surface area contributed by atoms with Crippen LogP contribution in [0.4, 0.5) is 0 Å². The van der Waals surface area contributed by atoms with Crippen molar-refractivity contribution >= 4 is 29.6 Å². The fourth-order valence-corrected chi connectivity index (χ4v) is 4.99. The number of unbranched alkanes of at least 4 members (excludes halogenated alkanes) is 2. The molecule has 3 aromatic rings. The molecule has 3 rings (SSSR count). The van der Waals surface area contributed by atoms with Crippen LogP contribution in [0, 0.1) is 0 Å². The van der Waals surface area contributed by atoms with Gasteiger partial charge in [-0.05, 0) is 51.6 Å². The first kappa shape index (κ1) is 38.3. The number of aliphatic carboxylic acids is 1. The van der Waals surface area contributed by atoms with Crippen molar-refractivity contribution in [2.75, 3.05) is 13.1 Å². The highest BCUT2D eigenvalue weighted by Gasteiger charge is 2.32. The molecule has 0 aliphatic rings. The minimum atomic E-state index is -1.31. The minimum absolute atomic E-state index is 0.0326. The number of nitrogens with one attached hydrogen (secondary N) is 7. The summed E-state index contributed by atoms with van der Waals surface area (Å²) in [6.45, 7) is 0.728. The Balaban J connectivity index is 1.77. The van der Waals surface area contributed by atoms with Gasteiger partial charge in [0.2, 0.25) is 23.6 Å². The first-order valence-electron chi connectivity index (χ1n) is 16.1. The van der Waals surface area contributed by atoms with Crippen molar-refractivity contribution in [3.63, 3.8) is 0 Å². The van der Waals surface area contributed by atoms with Crippen molar-refractivity contribution in [3.05, 3.63) is 54.7 Å². The van der Waals surface area contributed by atoms with Crippen molar-refractivity contribution in [2.45, 2.75) is 88.0 Å². The molecule has 0 aliphatic carbocycles. The molecule has 14 N–H and O–H groups in total. The van der Waals surface area contributed by atoms with E-state index in [4.69, 9.17) is 17.2 Å². The lowest BCUT2D eigenvalue weighted by Crippen LogP contribution is -2.59. The van der Waals surface area contributed by atoms with Gasteiger partial charge in [0.1, 0.15) is 24.2 Å². The Morgan fingerprint density at radius 2 is 0.980 bits per heavy atom. The first-order valence-corrected chi connectivity index (χ1v) is 16.1. The zero-order chi connectivity index (χ0) is 35.6. The predicted molar refractivity (Wildman–Crippen MR) is 176 cm³/mol. The van der Waals surface area contributed by atoms with Crippen LogP contribution in [0.25, 0.3) is 0 Å². The monoisotopic (exact) mass is 685 g/mol. The van der Waals surface area contributed by atoms with Crippen LogP contribution in [0.5, 0.6) is 0 Å². The number of carboxylic acids is 1. The molecule has 0 fully saturated rings. The first-order chi connectivity index (χ1) is 23.6. The van der Waals surface area contributed by atoms with Gasteiger partial charge in [-0.15, -0.1) is 0 Å². The quantitative estimate of drug-likeness (QED) is 0.0461. The number of amides is 4. The maximum atomic E-state index is 13.8. The Labute approximate surface area is 282 Å². The second-order valence-electron chi connectivity index (χ2n) is 11.6. The average Bonchev–Trinajstić information content (AvgIpc) is 3.88. The number of nitrogens with zero attached hydrogens (tertiary/aromatic N) is 3. The molecule has 49 heavy (non-hydrogen) atoms. The number of aromatic amines is 3. The van der Waals surface area contributed by atoms with Crippen molar-refractivity contribution in [2.24, 2.45) is 17.2 Å². The van der Waals surface area contributed by atoms with Gasteiger partial charge in [0, 0.05) is 54.9 Å². The smallest absolute Gasteiger partial charge is 0.326 e. The van der Waals surface area contributed by atoms with E-state index in [1.54, 1.807) is 6.20 Å². The molecule has 4 amide bonds. The Bertz CT molecular complexity index is 1430. The summed E-state index contributed by atoms with van der Waals surface area (Å²) in [6.07, 6.45) is 11.3. The summed E-state index contributed by atoms with van der Waals surface area (Å²) in [5.74, 6) is -3.92. The summed E-state index contributed by atoms with van der Waals surface area (Å²) in [5, 5.41) is 20.3. The van der Waals surface area contributed by atoms with E-state index in [2.05, 4.69) is 51.2 Å². The standard InChI is InChI=1S/C30H47N13O6/c31-7-3-1-5-22(40-26(44)21(33)9-18-12-34-15-37-18)27(45)42-24(10-19-13-35-16-38-19)29(47)41-23(6-2-4-8-32)28(46)43-25(30(48)49)11-20-14-36-17-39-20/h12-17,21-25H,1-11,31-33H2,(H,34,37)(H,35,38)(H,36,39)(H,40,44)(H,41,47)(H,42,45)(H,43,46)(H,48,49). The molecule has 0 aliphatic heterocycles. The Kier molecular flexibility index (Phi) is 15.9. The number of carboxylic acid groups (broad SMARTS) is 1. The van der Waals surface area contributed by atoms with Crippen LogP contribution in [0.15, 0.2) is 37.6 Å². The topological polar surface area (TPSA) is 318 Å². The maximum absolute atomic E-state index is 13.8. The lowest BCUT2D eigenvalue weighted by molar-refractivity contribution is -0.142. The van der Waals surface area contributed by atoms with E-state index in [0.717, 1.165) is 0 Å². The number of nitrogens with two attached hydrogens (primary N) is 3. The zero-order valence-electron chi connectivity index (χ0n) is 27.2. The molecule has 3 heterocycles. The summed E-state index contributed by atoms with van der Waals surface area (Å²) in [4.78, 5) is 86.2. The second kappa shape index (κ2) is 20.3. The summed E-state index contributed by atoms with van der Waals surface area (Å²) in [7, 11) is 0. The van der Waals surface area contributed by atoms with Crippen molar-refractivity contribution in [1.82, 2.24) is 51.2 Å². The van der Waals surface area contributed by atoms with Gasteiger partial charge in [0.25, 0.3) is 0 Å². The fourth-order valence-electron chi connectivity index (χ4n) is 4.99. The normalized spacial score (nSPS) is 14.2. The highest BCUT2D eigenvalue weighted by molar-refractivity contribution is 5.95. The number of aromatic nitrogens is 6. The molecule has 3 aromatic heterocycles. The van der Waals surface area contributed by atoms with Crippen molar-refractivity contribution in [3.8, 4) is 0 Å². The van der Waals surface area contributed by atoms with Gasteiger partial charge in [0.15, 0.2) is 0 Å². The SMILES string of the molecule is NCCCCC(NC(=O)C(N)Cc1cnc[nH]1)C(=O)NC(Cc1cnc[nH]1)C(=O)NC(CCCCN)C(=O)NC(Cc1cnc[nH]1)C(=O)O. The molecule has 0 bridgehead atoms. The number of carbonyl (C=O) groups excluding carboxylic acids is 4. The molecular formula is C30H47N13O6. The number of imidazole rings is 3. The molecule has 0 saturated heterocycles. The minimum Gasteiger partial charge on any atom is -0.480 e. The van der Waals surface area contributed by atoms with Gasteiger partial charge in [-0.3, -0.25) is 19.2 Å². The van der Waals surface area contributed by atoms with E-state index in [0.29, 0.717) is 55.9 Å². The van der Waals surface area contributed by atoms with Crippen LogP contribution in [-0.2, 0) is 43.2 Å². The van der Waals surface area contributed by atoms with Crippen LogP contribution < -0.4 is 38.5 Å². The summed E-state index contributed by atoms with van der Waals surface area (Å²) in [5.41, 5.74) is 19.0. The predicted octanol–water partition coefficient (Wildman–Crippen LogP) is -2.51. The van der Waals surface area contributed by atoms with E-state index in [9.17, 15) is 29.1 Å². The number of hydrogen-bond donors (Lipinski definition) is 11. The van der Waals surface area contributed by atoms with Gasteiger partial charge in [-0.2, -0.15) is 0 Å². The van der Waals surface area contributed by atoms with Crippen molar-refractivity contribution in [1.29, 1.82) is 0 Å². The molecule has 0 aromatic carbocycles. The van der Waals surface area contributed by atoms with E-state index >= 15 is 0 Å². The third-order valence-electron chi connectivity index (χ3n) is 7.70. The highest BCUT2D eigenvalue weighted by atomic mass is 16.4. The largest absolute Gasteiger partial charge is 0.480 e. The molecule has 5 unspecified atom stereocenters. The second-order valence-corrected chi connectivity index (χ2v) is 11.6. The molecule has 19 nitrogen and oxygen atoms in total. The number of carbonyl (C=O) groups is 5. The summed E-state index contributed by atoms with van der Waals surface area (Å²) in [6, 6.07) is -5.70. The molecule has 5 atom stereocenters. The highest BCUT2D eigenvalue weighted by Crippen LogP contribution is 2.09. The molecule has 0 saturated carbocycles. The Morgan fingerprint density at radius 1 is 0.592 bits per heavy atom. The average molecular weight is 686 g/mol. The van der Waals surface area contributed by atoms with E-state index in [-0.39, 0.29) is 32.1 Å². The summed E-state index contributed by atoms with van der Waals surface area (Å²) >= 11 is 0. The Hall–Kier alpha value is -5.14. The van der Waals surface area contributed by atoms with E-state index in [1.165, 1.54) is 31.4 Å². The van der Waals surface area contributed by atoms with Gasteiger partial charge < -0.3 is 58.5 Å². The molecule has 19 heteroatoms. The number of H-pyrrole nitrogens is 3. The van der Waals surface area contributed by atoms with Crippen LogP contribution in [0.3, 0.4) is 0 Å². The fraction of sp³-hybridized carbons (Fsp3) is 0.533. The van der Waals surface area contributed by atoms with Gasteiger partial charge >= 0.3 is 5.97 Å². The van der Waals surface area contributed by atoms with Crippen molar-refractivity contribution < 1.29 is 29.1 Å². The molecule has 0 spiro atoms. The van der Waals surface area contributed by atoms with Crippen LogP contribution in [0.2, 0.25) is 0 Å². The van der Waals surface area contributed by atoms with E-state index < -0.39 is 59.8 Å². The summed E-state index contributed by atoms with van der Waals surface area (Å²) < 4.78 is 0. The third-order valence-corrected chi connectivity index (χ3v) is 7.70. The van der Waals surface area contributed by atoms with Gasteiger partial charge in [0.05, 0.1) is 25.0 Å². The van der Waals surface area contributed by atoms with Crippen LogP contribution >= 0.6 is 0 Å². The molecular weight excluding hydrogens is 638 g/mol.